The minimum atomic E-state index is -0.301. The third-order valence-electron chi connectivity index (χ3n) is 5.44. The topological polar surface area (TPSA) is 42.7 Å². The molecule has 0 radical (unpaired) electrons. The average Bonchev–Trinajstić information content (AvgIpc) is 2.67. The second-order valence-corrected chi connectivity index (χ2v) is 7.17. The molecule has 1 aromatic heterocycles. The van der Waals surface area contributed by atoms with Crippen LogP contribution in [-0.2, 0) is 13.0 Å². The first-order chi connectivity index (χ1) is 13.0. The van der Waals surface area contributed by atoms with Gasteiger partial charge in [-0.05, 0) is 50.5 Å². The number of benzene rings is 2. The molecule has 4 rings (SSSR count). The van der Waals surface area contributed by atoms with Crippen molar-refractivity contribution in [2.24, 2.45) is 0 Å². The summed E-state index contributed by atoms with van der Waals surface area (Å²) in [7, 11) is 0. The smallest absolute Gasteiger partial charge is 0.339 e. The van der Waals surface area contributed by atoms with Crippen molar-refractivity contribution < 1.29 is 13.5 Å². The van der Waals surface area contributed by atoms with Gasteiger partial charge in [0.1, 0.15) is 23.9 Å². The monoisotopic (exact) mass is 367 g/mol. The molecule has 1 aliphatic rings. The van der Waals surface area contributed by atoms with E-state index in [1.165, 1.54) is 6.07 Å². The summed E-state index contributed by atoms with van der Waals surface area (Å²) in [6.45, 7) is 7.51. The first-order valence-corrected chi connectivity index (χ1v) is 9.10. The van der Waals surface area contributed by atoms with E-state index in [9.17, 15) is 9.18 Å². The Balaban J connectivity index is 1.63. The number of aryl methyl sites for hydroxylation is 2. The van der Waals surface area contributed by atoms with Gasteiger partial charge in [-0.15, -0.1) is 0 Å². The Morgan fingerprint density at radius 1 is 1.11 bits per heavy atom. The van der Waals surface area contributed by atoms with Crippen LogP contribution in [0.15, 0.2) is 39.5 Å². The molecule has 0 fully saturated rings. The Bertz CT molecular complexity index is 1090. The van der Waals surface area contributed by atoms with Crippen LogP contribution in [0.5, 0.6) is 5.75 Å². The molecular formula is C22H22FNO3. The fourth-order valence-electron chi connectivity index (χ4n) is 3.67. The fourth-order valence-corrected chi connectivity index (χ4v) is 3.67. The highest BCUT2D eigenvalue weighted by Crippen LogP contribution is 2.36. The lowest BCUT2D eigenvalue weighted by Crippen LogP contribution is -2.34. The number of fused-ring (bicyclic) bond motifs is 2. The van der Waals surface area contributed by atoms with Gasteiger partial charge in [-0.1, -0.05) is 18.2 Å². The highest BCUT2D eigenvalue weighted by molar-refractivity contribution is 5.87. The molecule has 4 nitrogen and oxygen atoms in total. The second-order valence-electron chi connectivity index (χ2n) is 7.17. The second kappa shape index (κ2) is 6.82. The predicted molar refractivity (Wildman–Crippen MR) is 103 cm³/mol. The maximum Gasteiger partial charge on any atom is 0.339 e. The number of hydrogen-bond donors (Lipinski definition) is 0. The van der Waals surface area contributed by atoms with Crippen molar-refractivity contribution in [2.75, 3.05) is 13.3 Å². The van der Waals surface area contributed by atoms with E-state index < -0.39 is 0 Å². The maximum atomic E-state index is 13.8. The zero-order valence-electron chi connectivity index (χ0n) is 15.8. The molecule has 0 N–H and O–H groups in total. The van der Waals surface area contributed by atoms with Gasteiger partial charge in [0.2, 0.25) is 0 Å². The number of nitrogens with zero attached hydrogens (tertiary/aromatic N) is 1. The summed E-state index contributed by atoms with van der Waals surface area (Å²) in [5.74, 6) is 0.620. The Morgan fingerprint density at radius 3 is 2.67 bits per heavy atom. The van der Waals surface area contributed by atoms with E-state index in [4.69, 9.17) is 9.15 Å². The molecule has 0 unspecified atom stereocenters. The van der Waals surface area contributed by atoms with Gasteiger partial charge < -0.3 is 9.15 Å². The van der Waals surface area contributed by atoms with E-state index in [2.05, 4.69) is 11.0 Å². The van der Waals surface area contributed by atoms with Crippen molar-refractivity contribution in [1.82, 2.24) is 4.90 Å². The van der Waals surface area contributed by atoms with Crippen molar-refractivity contribution in [3.63, 3.8) is 0 Å². The van der Waals surface area contributed by atoms with Crippen molar-refractivity contribution >= 4 is 11.0 Å². The summed E-state index contributed by atoms with van der Waals surface area (Å²) in [4.78, 5) is 14.2. The molecule has 2 aromatic carbocycles. The van der Waals surface area contributed by atoms with E-state index in [1.54, 1.807) is 13.0 Å². The standard InChI is InChI=1S/C22H22FNO3/c1-13-14(2)22(25)27-21-15(3)20-17(10-18(13)21)11-24(12-26-20)9-8-16-6-4-5-7-19(16)23/h4-7,10H,8-9,11-12H2,1-3H3. The van der Waals surface area contributed by atoms with E-state index in [0.29, 0.717) is 36.4 Å². The molecule has 0 saturated heterocycles. The lowest BCUT2D eigenvalue weighted by atomic mass is 9.99. The van der Waals surface area contributed by atoms with Gasteiger partial charge in [0.25, 0.3) is 0 Å². The van der Waals surface area contributed by atoms with Gasteiger partial charge in [0.15, 0.2) is 0 Å². The molecule has 5 heteroatoms. The Kier molecular flexibility index (Phi) is 4.48. The molecule has 0 amide bonds. The van der Waals surface area contributed by atoms with Crippen LogP contribution >= 0.6 is 0 Å². The summed E-state index contributed by atoms with van der Waals surface area (Å²) in [5, 5.41) is 0.947. The van der Waals surface area contributed by atoms with Gasteiger partial charge in [-0.2, -0.15) is 0 Å². The molecule has 3 aromatic rings. The molecule has 0 spiro atoms. The Hall–Kier alpha value is -2.66. The van der Waals surface area contributed by atoms with Crippen LogP contribution in [-0.4, -0.2) is 18.2 Å². The molecule has 0 aliphatic carbocycles. The number of rotatable bonds is 3. The zero-order chi connectivity index (χ0) is 19.1. The zero-order valence-corrected chi connectivity index (χ0v) is 15.8. The van der Waals surface area contributed by atoms with Gasteiger partial charge >= 0.3 is 5.63 Å². The summed E-state index contributed by atoms with van der Waals surface area (Å²) in [6.07, 6.45) is 0.630. The van der Waals surface area contributed by atoms with Gasteiger partial charge in [0, 0.05) is 35.2 Å². The number of halogens is 1. The highest BCUT2D eigenvalue weighted by atomic mass is 19.1. The van der Waals surface area contributed by atoms with Crippen LogP contribution in [0.25, 0.3) is 11.0 Å². The molecule has 2 heterocycles. The molecular weight excluding hydrogens is 345 g/mol. The lowest BCUT2D eigenvalue weighted by Gasteiger charge is -2.30. The number of ether oxygens (including phenoxy) is 1. The molecule has 27 heavy (non-hydrogen) atoms. The number of hydrogen-bond acceptors (Lipinski definition) is 4. The Morgan fingerprint density at radius 2 is 1.89 bits per heavy atom. The maximum absolute atomic E-state index is 13.8. The van der Waals surface area contributed by atoms with Crippen molar-refractivity contribution in [3.8, 4) is 5.75 Å². The van der Waals surface area contributed by atoms with Crippen molar-refractivity contribution in [1.29, 1.82) is 0 Å². The molecule has 1 aliphatic heterocycles. The van der Waals surface area contributed by atoms with E-state index in [0.717, 1.165) is 34.4 Å². The summed E-state index contributed by atoms with van der Waals surface area (Å²) >= 11 is 0. The first kappa shape index (κ1) is 17.7. The SMILES string of the molecule is Cc1c(C)c2cc3c(c(C)c2oc1=O)OCN(CCc1ccccc1F)C3. The normalized spacial score (nSPS) is 14.2. The van der Waals surface area contributed by atoms with Crippen LogP contribution in [0.2, 0.25) is 0 Å². The molecule has 140 valence electrons. The lowest BCUT2D eigenvalue weighted by molar-refractivity contribution is 0.0957. The van der Waals surface area contributed by atoms with Gasteiger partial charge in [-0.3, -0.25) is 4.90 Å². The van der Waals surface area contributed by atoms with Gasteiger partial charge in [-0.25, -0.2) is 9.18 Å². The third kappa shape index (κ3) is 3.12. The van der Waals surface area contributed by atoms with Gasteiger partial charge in [0.05, 0.1) is 0 Å². The van der Waals surface area contributed by atoms with Crippen LogP contribution in [0, 0.1) is 26.6 Å². The summed E-state index contributed by atoms with van der Waals surface area (Å²) in [6, 6.07) is 8.92. The minimum Gasteiger partial charge on any atom is -0.477 e. The van der Waals surface area contributed by atoms with Crippen molar-refractivity contribution in [2.45, 2.75) is 33.7 Å². The highest BCUT2D eigenvalue weighted by Gasteiger charge is 2.23. The molecule has 0 bridgehead atoms. The Labute approximate surface area is 157 Å². The molecule has 0 saturated carbocycles. The average molecular weight is 367 g/mol. The quantitative estimate of drug-likeness (QED) is 0.649. The first-order valence-electron chi connectivity index (χ1n) is 9.10. The van der Waals surface area contributed by atoms with Crippen LogP contribution < -0.4 is 10.4 Å². The van der Waals surface area contributed by atoms with E-state index in [1.807, 2.05) is 26.0 Å². The fraction of sp³-hybridized carbons (Fsp3) is 0.318. The summed E-state index contributed by atoms with van der Waals surface area (Å²) in [5.41, 5.74) is 4.51. The largest absolute Gasteiger partial charge is 0.477 e. The predicted octanol–water partition coefficient (Wildman–Crippen LogP) is 4.25. The third-order valence-corrected chi connectivity index (χ3v) is 5.44. The van der Waals surface area contributed by atoms with Crippen LogP contribution in [0.4, 0.5) is 4.39 Å². The van der Waals surface area contributed by atoms with Crippen LogP contribution in [0.3, 0.4) is 0 Å². The van der Waals surface area contributed by atoms with Crippen LogP contribution in [0.1, 0.15) is 27.8 Å². The van der Waals surface area contributed by atoms with Crippen molar-refractivity contribution in [3.05, 3.63) is 74.4 Å². The van der Waals surface area contributed by atoms with E-state index in [-0.39, 0.29) is 11.4 Å². The molecule has 0 atom stereocenters. The summed E-state index contributed by atoms with van der Waals surface area (Å²) < 4.78 is 25.3. The van der Waals surface area contributed by atoms with E-state index >= 15 is 0 Å². The minimum absolute atomic E-state index is 0.168.